The molecule has 798 valence electrons. The molecule has 16 nitrogen and oxygen atoms in total. The van der Waals surface area contributed by atoms with Crippen molar-refractivity contribution in [2.45, 2.75) is 368 Å². The quantitative estimate of drug-likeness (QED) is 0.0418. The molecule has 0 aliphatic heterocycles. The summed E-state index contributed by atoms with van der Waals surface area (Å²) in [5, 5.41) is 88.8. The molecule has 0 amide bonds. The maximum absolute atomic E-state index is 9.76. The zero-order chi connectivity index (χ0) is 106. The number of aliphatic hydroxyl groups excluding tert-OH is 8. The number of nitrogens with zero attached hydrogens (tertiary/aromatic N) is 8. The van der Waals surface area contributed by atoms with Crippen molar-refractivity contribution < 1.29 is 121 Å². The van der Waals surface area contributed by atoms with Gasteiger partial charge in [-0.2, -0.15) is 0 Å². The Kier molecular flexibility index (Phi) is 52.3. The molecule has 12 rings (SSSR count). The average Bonchev–Trinajstić information content (AvgIpc) is 0.800. The van der Waals surface area contributed by atoms with Crippen LogP contribution in [0.5, 0.6) is 0 Å². The molecule has 8 aromatic heterocycles. The maximum Gasteiger partial charge on any atom is 0.0918 e. The fraction of sp³-hybridized carbons (Fsp3) is 0.529. The molecule has 143 heavy (non-hydrogen) atoms. The van der Waals surface area contributed by atoms with Gasteiger partial charge in [0, 0.05) is 151 Å². The topological polar surface area (TPSA) is 265 Å². The van der Waals surface area contributed by atoms with Crippen LogP contribution in [0, 0.1) is 91.8 Å². The smallest absolute Gasteiger partial charge is 0.0918 e. The van der Waals surface area contributed by atoms with Crippen molar-refractivity contribution in [3.05, 3.63) is 215 Å². The molecule has 8 N–H and O–H groups in total. The van der Waals surface area contributed by atoms with E-state index in [1.54, 1.807) is 0 Å². The number of pyridine rings is 8. The largest absolute Gasteiger partial charge is 0.392 e. The van der Waals surface area contributed by atoms with Crippen LogP contribution in [0.4, 0.5) is 0 Å². The van der Waals surface area contributed by atoms with E-state index in [0.717, 1.165) is 95.8 Å². The number of aromatic nitrogens is 8. The summed E-state index contributed by atoms with van der Waals surface area (Å²) in [6.07, 6.45) is 0.0847. The van der Waals surface area contributed by atoms with Crippen LogP contribution in [-0.2, 0) is 80.4 Å². The van der Waals surface area contributed by atoms with Gasteiger partial charge in [0.15, 0.2) is 0 Å². The van der Waals surface area contributed by atoms with Gasteiger partial charge in [0.2, 0.25) is 0 Å². The zero-order valence-electron chi connectivity index (χ0n) is 95.2. The van der Waals surface area contributed by atoms with Crippen molar-refractivity contribution in [3.63, 3.8) is 0 Å². The summed E-state index contributed by atoms with van der Waals surface area (Å²) in [6, 6.07) is 60.2. The minimum absolute atomic E-state index is 0. The summed E-state index contributed by atoms with van der Waals surface area (Å²) in [5.74, 6) is 0. The summed E-state index contributed by atoms with van der Waals surface area (Å²) in [5.41, 5.74) is 18.5. The normalized spacial score (nSPS) is 13.9. The monoisotopic (exact) mass is 2740 g/mol. The molecule has 8 atom stereocenters. The molecule has 8 unspecified atom stereocenters. The first kappa shape index (κ1) is 135. The Bertz CT molecular complexity index is 5740. The van der Waals surface area contributed by atoms with Gasteiger partial charge in [-0.15, -0.1) is 0 Å². The van der Waals surface area contributed by atoms with E-state index in [1.165, 1.54) is 53.4 Å². The molecule has 0 fully saturated rings. The van der Waals surface area contributed by atoms with E-state index in [1.807, 2.05) is 211 Å². The van der Waals surface area contributed by atoms with Crippen LogP contribution in [0.1, 0.15) is 231 Å². The van der Waals surface area contributed by atoms with Crippen LogP contribution in [0.15, 0.2) is 176 Å². The minimum Gasteiger partial charge on any atom is -0.392 e. The third-order valence-electron chi connectivity index (χ3n) is 25.7. The number of aryl methyl sites for hydroxylation is 7. The molecular formula is C119H182Ir4N8O8Si4. The van der Waals surface area contributed by atoms with Crippen molar-refractivity contribution in [2.75, 3.05) is 0 Å². The molecule has 0 bridgehead atoms. The number of fused-ring (bicyclic) bond motifs is 4. The molecule has 0 aliphatic rings. The van der Waals surface area contributed by atoms with E-state index in [-0.39, 0.29) is 124 Å². The number of hydrogen-bond donors (Lipinski definition) is 8. The van der Waals surface area contributed by atoms with Crippen LogP contribution in [0.3, 0.4) is 0 Å². The average molecular weight is 2730 g/mol. The van der Waals surface area contributed by atoms with E-state index in [2.05, 4.69) is 278 Å². The number of hydrogen-bond acceptors (Lipinski definition) is 16. The minimum atomic E-state index is -1.28. The van der Waals surface area contributed by atoms with Crippen LogP contribution >= 0.6 is 0 Å². The summed E-state index contributed by atoms with van der Waals surface area (Å²) in [7, 11) is -5.13. The van der Waals surface area contributed by atoms with Crippen molar-refractivity contribution in [2.24, 2.45) is 43.3 Å². The van der Waals surface area contributed by atoms with Crippen molar-refractivity contribution in [3.8, 4) is 45.6 Å². The second-order valence-electron chi connectivity index (χ2n) is 51.5. The zero-order valence-corrected chi connectivity index (χ0v) is 109. The van der Waals surface area contributed by atoms with Crippen LogP contribution in [-0.4, -0.2) is 162 Å². The Morgan fingerprint density at radius 1 is 0.231 bits per heavy atom. The Morgan fingerprint density at radius 3 is 0.741 bits per heavy atom. The van der Waals surface area contributed by atoms with E-state index >= 15 is 0 Å². The SMILES string of the molecule is CC(C)(C)C(O)CC(O)C(C)(C)C.CC(C)(C)C(O)CC(O)C(C)(C)C.CC(C)(C)C(O)CC(O)C(C)(C)C.CC(C)(C)C(O)CC(O)C(C)(C)C.Cc1cc(C)nc(-c2ccc3cc([Si](C)(C)C)ccc3n2)c1.Cc1ccc(-c2ccc3cc([Si](C)(C)C)ccc3n2)nc1C.Cc1ccc(C)c(-c2ccc3cc([Si](C)(C)C)ccc3n2)n1.Cc1cccnc1-c1ccc2cc([Si](C)(C)C)ccc2n1.[Ir].[Ir].[Ir].[Ir]. The van der Waals surface area contributed by atoms with Crippen LogP contribution in [0.25, 0.3) is 89.2 Å². The Morgan fingerprint density at radius 2 is 0.476 bits per heavy atom. The molecule has 0 spiro atoms. The van der Waals surface area contributed by atoms with Gasteiger partial charge in [0.25, 0.3) is 0 Å². The van der Waals surface area contributed by atoms with Gasteiger partial charge in [-0.3, -0.25) is 19.9 Å². The number of rotatable bonds is 16. The Hall–Kier alpha value is -5.74. The third-order valence-corrected chi connectivity index (χ3v) is 33.9. The Labute approximate surface area is 921 Å². The molecule has 4 radical (unpaired) electrons. The molecule has 0 aliphatic carbocycles. The fourth-order valence-electron chi connectivity index (χ4n) is 14.0. The van der Waals surface area contributed by atoms with Gasteiger partial charge in [0.1, 0.15) is 0 Å². The summed E-state index contributed by atoms with van der Waals surface area (Å²) >= 11 is 0. The van der Waals surface area contributed by atoms with Crippen LogP contribution in [0.2, 0.25) is 78.6 Å². The van der Waals surface area contributed by atoms with Gasteiger partial charge in [0.05, 0.1) is 149 Å². The fourth-order valence-corrected chi connectivity index (χ4v) is 18.7. The predicted molar refractivity (Wildman–Crippen MR) is 607 cm³/mol. The molecule has 0 saturated heterocycles. The van der Waals surface area contributed by atoms with E-state index in [4.69, 9.17) is 19.9 Å². The summed E-state index contributed by atoms with van der Waals surface area (Å²) in [4.78, 5) is 37.6. The van der Waals surface area contributed by atoms with E-state index in [9.17, 15) is 40.9 Å². The van der Waals surface area contributed by atoms with Crippen molar-refractivity contribution in [1.82, 2.24) is 39.9 Å². The molecule has 0 saturated carbocycles. The van der Waals surface area contributed by atoms with Crippen molar-refractivity contribution in [1.29, 1.82) is 0 Å². The van der Waals surface area contributed by atoms with Gasteiger partial charge >= 0.3 is 0 Å². The standard InChI is InChI=1S/3C19H22N2Si.C18H20N2Si.4C11H24O2.4Ir/c1-13-6-9-18(20-14(13)2)19-10-7-15-12-16(22(3,4)5)8-11-17(15)21-19;1-13-10-14(2)20-19(11-13)18-8-6-15-12-16(22(3,4)5)7-9-17(15)21-18;1-13-6-7-14(2)20-19(13)18-10-8-15-12-16(22(3,4)5)9-11-17(15)21-18;1-13-6-5-11-19-18(13)17-9-7-14-12-15(21(2,3)4)8-10-16(14)20-17;4*1-10(2,3)8(12)7-9(13)11(4,5)6;;;;/h3*6-12H,1-5H3;5-12H,1-4H3;4*8-9,12-13H,7H2,1-6H3;;;;. The third kappa shape index (κ3) is 44.4. The molecule has 4 aromatic carbocycles. The molecule has 12 aromatic rings. The first-order valence-electron chi connectivity index (χ1n) is 50.0. The number of benzene rings is 4. The number of aliphatic hydroxyl groups is 8. The first-order valence-corrected chi connectivity index (χ1v) is 64.0. The van der Waals surface area contributed by atoms with E-state index < -0.39 is 81.1 Å². The van der Waals surface area contributed by atoms with Gasteiger partial charge in [-0.25, -0.2) is 19.9 Å². The first-order chi connectivity index (χ1) is 63.2. The second kappa shape index (κ2) is 55.3. The van der Waals surface area contributed by atoms with Crippen molar-refractivity contribution >= 4 is 96.7 Å². The van der Waals surface area contributed by atoms with Gasteiger partial charge in [-0.05, 0) is 193 Å². The molecular weight excluding hydrogens is 2550 g/mol. The molecule has 24 heteroatoms. The van der Waals surface area contributed by atoms with Crippen LogP contribution < -0.4 is 20.7 Å². The maximum atomic E-state index is 9.76. The van der Waals surface area contributed by atoms with Gasteiger partial charge in [-0.1, -0.05) is 356 Å². The van der Waals surface area contributed by atoms with Gasteiger partial charge < -0.3 is 40.9 Å². The second-order valence-corrected chi connectivity index (χ2v) is 71.8. The predicted octanol–water partition coefficient (Wildman–Crippen LogP) is 26.3. The molecule has 8 heterocycles. The van der Waals surface area contributed by atoms with E-state index in [0.29, 0.717) is 25.7 Å². The summed E-state index contributed by atoms with van der Waals surface area (Å²) < 4.78 is 0. The summed E-state index contributed by atoms with van der Waals surface area (Å²) in [6.45, 7) is 90.4. The Balaban J connectivity index is 0.000000824.